The summed E-state index contributed by atoms with van der Waals surface area (Å²) in [7, 11) is 3.70. The van der Waals surface area contributed by atoms with Crippen LogP contribution in [0, 0.1) is 0 Å². The molecule has 6 heteroatoms. The zero-order valence-electron chi connectivity index (χ0n) is 10.2. The number of hydrogen-bond acceptors (Lipinski definition) is 5. The number of carbonyl (C=O) groups excluding carboxylic acids is 1. The maximum Gasteiger partial charge on any atom is 0.242 e. The third kappa shape index (κ3) is 2.71. The van der Waals surface area contributed by atoms with Crippen LogP contribution in [0.15, 0.2) is 12.4 Å². The fourth-order valence-corrected chi connectivity index (χ4v) is 1.74. The molecule has 0 aromatic carbocycles. The standard InChI is InChI=1S/C11H17N5O/c1-12-5-9-6-13-11(14-7-9)16-4-3-15(2)10(17)8-16/h6-7,12H,3-5,8H2,1-2H3. The second kappa shape index (κ2) is 5.09. The molecule has 1 aromatic heterocycles. The van der Waals surface area contributed by atoms with Crippen LogP contribution in [0.3, 0.4) is 0 Å². The highest BCUT2D eigenvalue weighted by atomic mass is 16.2. The summed E-state index contributed by atoms with van der Waals surface area (Å²) in [4.78, 5) is 23.8. The van der Waals surface area contributed by atoms with Crippen molar-refractivity contribution in [1.82, 2.24) is 20.2 Å². The Kier molecular flexibility index (Phi) is 3.53. The Hall–Kier alpha value is -1.69. The van der Waals surface area contributed by atoms with Crippen molar-refractivity contribution >= 4 is 11.9 Å². The van der Waals surface area contributed by atoms with E-state index in [0.29, 0.717) is 12.5 Å². The molecule has 1 aromatic rings. The molecule has 2 heterocycles. The normalized spacial score (nSPS) is 16.5. The lowest BCUT2D eigenvalue weighted by Crippen LogP contribution is -2.49. The summed E-state index contributed by atoms with van der Waals surface area (Å²) < 4.78 is 0. The molecule has 0 radical (unpaired) electrons. The van der Waals surface area contributed by atoms with E-state index < -0.39 is 0 Å². The number of rotatable bonds is 3. The number of aromatic nitrogens is 2. The molecule has 1 amide bonds. The van der Waals surface area contributed by atoms with Crippen LogP contribution in [0.25, 0.3) is 0 Å². The molecule has 0 saturated carbocycles. The summed E-state index contributed by atoms with van der Waals surface area (Å²) in [5, 5.41) is 3.04. The largest absolute Gasteiger partial charge is 0.342 e. The average molecular weight is 235 g/mol. The molecule has 17 heavy (non-hydrogen) atoms. The van der Waals surface area contributed by atoms with E-state index in [1.807, 2.05) is 19.0 Å². The fraction of sp³-hybridized carbons (Fsp3) is 0.545. The van der Waals surface area contributed by atoms with Gasteiger partial charge in [-0.1, -0.05) is 0 Å². The number of carbonyl (C=O) groups is 1. The lowest BCUT2D eigenvalue weighted by atomic mass is 10.3. The topological polar surface area (TPSA) is 61.4 Å². The van der Waals surface area contributed by atoms with Gasteiger partial charge in [0.25, 0.3) is 0 Å². The minimum Gasteiger partial charge on any atom is -0.342 e. The number of hydrogen-bond donors (Lipinski definition) is 1. The third-order valence-corrected chi connectivity index (χ3v) is 2.81. The van der Waals surface area contributed by atoms with Crippen molar-refractivity contribution in [2.45, 2.75) is 6.54 Å². The number of nitrogens with one attached hydrogen (secondary N) is 1. The molecule has 0 atom stereocenters. The second-order valence-electron chi connectivity index (χ2n) is 4.16. The van der Waals surface area contributed by atoms with Crippen LogP contribution in [0.4, 0.5) is 5.95 Å². The first-order valence-electron chi connectivity index (χ1n) is 5.65. The predicted molar refractivity (Wildman–Crippen MR) is 64.6 cm³/mol. The minimum atomic E-state index is 0.110. The average Bonchev–Trinajstić information content (AvgIpc) is 2.34. The Morgan fingerprint density at radius 3 is 2.65 bits per heavy atom. The van der Waals surface area contributed by atoms with Crippen molar-refractivity contribution in [1.29, 1.82) is 0 Å². The molecule has 1 saturated heterocycles. The molecule has 1 aliphatic rings. The first kappa shape index (κ1) is 11.8. The lowest BCUT2D eigenvalue weighted by molar-refractivity contribution is -0.129. The summed E-state index contributed by atoms with van der Waals surface area (Å²) in [5.41, 5.74) is 1.04. The molecular formula is C11H17N5O. The van der Waals surface area contributed by atoms with E-state index in [4.69, 9.17) is 0 Å². The van der Waals surface area contributed by atoms with Crippen molar-refractivity contribution in [2.75, 3.05) is 38.6 Å². The Bertz CT molecular complexity index is 391. The van der Waals surface area contributed by atoms with Gasteiger partial charge in [-0.25, -0.2) is 9.97 Å². The monoisotopic (exact) mass is 235 g/mol. The smallest absolute Gasteiger partial charge is 0.242 e. The number of piperazine rings is 1. The highest BCUT2D eigenvalue weighted by Crippen LogP contribution is 2.10. The molecule has 92 valence electrons. The van der Waals surface area contributed by atoms with Gasteiger partial charge in [-0.05, 0) is 7.05 Å². The summed E-state index contributed by atoms with van der Waals surface area (Å²) in [6.45, 7) is 2.62. The highest BCUT2D eigenvalue weighted by molar-refractivity contribution is 5.81. The molecular weight excluding hydrogens is 218 g/mol. The van der Waals surface area contributed by atoms with Crippen molar-refractivity contribution in [3.63, 3.8) is 0 Å². The molecule has 1 aliphatic heterocycles. The van der Waals surface area contributed by atoms with Crippen molar-refractivity contribution in [3.8, 4) is 0 Å². The van der Waals surface area contributed by atoms with Crippen LogP contribution in [0.1, 0.15) is 5.56 Å². The summed E-state index contributed by atoms with van der Waals surface area (Å²) >= 11 is 0. The first-order chi connectivity index (χ1) is 8.20. The van der Waals surface area contributed by atoms with Gasteiger partial charge in [0.05, 0.1) is 6.54 Å². The van der Waals surface area contributed by atoms with Crippen LogP contribution in [0.5, 0.6) is 0 Å². The maximum absolute atomic E-state index is 11.6. The number of amides is 1. The van der Waals surface area contributed by atoms with Gasteiger partial charge in [-0.3, -0.25) is 4.79 Å². The van der Waals surface area contributed by atoms with E-state index in [0.717, 1.165) is 25.2 Å². The Balaban J connectivity index is 2.05. The molecule has 2 rings (SSSR count). The van der Waals surface area contributed by atoms with Gasteiger partial charge in [-0.15, -0.1) is 0 Å². The van der Waals surface area contributed by atoms with E-state index in [1.54, 1.807) is 17.3 Å². The van der Waals surface area contributed by atoms with Gasteiger partial charge in [-0.2, -0.15) is 0 Å². The quantitative estimate of drug-likeness (QED) is 0.763. The molecule has 0 aliphatic carbocycles. The highest BCUT2D eigenvalue weighted by Gasteiger charge is 2.22. The van der Waals surface area contributed by atoms with Crippen LogP contribution in [0.2, 0.25) is 0 Å². The number of anilines is 1. The van der Waals surface area contributed by atoms with Crippen LogP contribution >= 0.6 is 0 Å². The number of nitrogens with zero attached hydrogens (tertiary/aromatic N) is 4. The van der Waals surface area contributed by atoms with Crippen molar-refractivity contribution < 1.29 is 4.79 Å². The van der Waals surface area contributed by atoms with Gasteiger partial charge in [0, 0.05) is 44.6 Å². The van der Waals surface area contributed by atoms with E-state index >= 15 is 0 Å². The van der Waals surface area contributed by atoms with Gasteiger partial charge >= 0.3 is 0 Å². The maximum atomic E-state index is 11.6. The minimum absolute atomic E-state index is 0.110. The zero-order chi connectivity index (χ0) is 12.3. The van der Waals surface area contributed by atoms with Crippen LogP contribution < -0.4 is 10.2 Å². The molecule has 6 nitrogen and oxygen atoms in total. The van der Waals surface area contributed by atoms with Gasteiger partial charge in [0.2, 0.25) is 11.9 Å². The van der Waals surface area contributed by atoms with E-state index in [-0.39, 0.29) is 5.91 Å². The van der Waals surface area contributed by atoms with E-state index in [2.05, 4.69) is 15.3 Å². The molecule has 0 bridgehead atoms. The Morgan fingerprint density at radius 2 is 2.06 bits per heavy atom. The lowest BCUT2D eigenvalue weighted by Gasteiger charge is -2.31. The first-order valence-corrected chi connectivity index (χ1v) is 5.65. The Labute approximate surface area is 101 Å². The molecule has 1 N–H and O–H groups in total. The van der Waals surface area contributed by atoms with Gasteiger partial charge < -0.3 is 15.1 Å². The van der Waals surface area contributed by atoms with Crippen molar-refractivity contribution in [3.05, 3.63) is 18.0 Å². The van der Waals surface area contributed by atoms with E-state index in [9.17, 15) is 4.79 Å². The van der Waals surface area contributed by atoms with E-state index in [1.165, 1.54) is 0 Å². The van der Waals surface area contributed by atoms with Crippen molar-refractivity contribution in [2.24, 2.45) is 0 Å². The zero-order valence-corrected chi connectivity index (χ0v) is 10.2. The second-order valence-corrected chi connectivity index (χ2v) is 4.16. The van der Waals surface area contributed by atoms with Crippen LogP contribution in [-0.4, -0.2) is 54.5 Å². The van der Waals surface area contributed by atoms with Gasteiger partial charge in [0.15, 0.2) is 0 Å². The Morgan fingerprint density at radius 1 is 1.35 bits per heavy atom. The van der Waals surface area contributed by atoms with Crippen LogP contribution in [-0.2, 0) is 11.3 Å². The summed E-state index contributed by atoms with van der Waals surface area (Å²) in [6.07, 6.45) is 3.59. The summed E-state index contributed by atoms with van der Waals surface area (Å²) in [6, 6.07) is 0. The predicted octanol–water partition coefficient (Wildman–Crippen LogP) is -0.526. The SMILES string of the molecule is CNCc1cnc(N2CCN(C)C(=O)C2)nc1. The summed E-state index contributed by atoms with van der Waals surface area (Å²) in [5.74, 6) is 0.741. The van der Waals surface area contributed by atoms with Gasteiger partial charge in [0.1, 0.15) is 0 Å². The third-order valence-electron chi connectivity index (χ3n) is 2.81. The number of likely N-dealkylation sites (N-methyl/N-ethyl adjacent to an activating group) is 1. The molecule has 0 spiro atoms. The fourth-order valence-electron chi connectivity index (χ4n) is 1.74. The molecule has 0 unspecified atom stereocenters. The molecule has 1 fully saturated rings.